The quantitative estimate of drug-likeness (QED) is 0.920. The summed E-state index contributed by atoms with van der Waals surface area (Å²) in [4.78, 5) is 11.3. The Hall–Kier alpha value is -2.49. The first-order valence-corrected chi connectivity index (χ1v) is 6.92. The fourth-order valence-corrected chi connectivity index (χ4v) is 2.61. The maximum absolute atomic E-state index is 11.3. The molecule has 0 bridgehead atoms. The summed E-state index contributed by atoms with van der Waals surface area (Å²) in [6, 6.07) is 14.2. The predicted octanol–water partition coefficient (Wildman–Crippen LogP) is 3.28. The van der Waals surface area contributed by atoms with Gasteiger partial charge < -0.3 is 14.8 Å². The highest BCUT2D eigenvalue weighted by atomic mass is 16.7. The third-order valence-corrected chi connectivity index (χ3v) is 3.64. The van der Waals surface area contributed by atoms with Crippen LogP contribution in [0.5, 0.6) is 5.75 Å². The van der Waals surface area contributed by atoms with E-state index in [1.807, 2.05) is 24.3 Å². The first kappa shape index (κ1) is 13.5. The maximum atomic E-state index is 11.3. The molecule has 0 saturated carbocycles. The Labute approximate surface area is 123 Å². The number of ether oxygens (including phenoxy) is 2. The number of fused-ring (bicyclic) bond motifs is 1. The third kappa shape index (κ3) is 2.57. The fourth-order valence-electron chi connectivity index (χ4n) is 2.61. The van der Waals surface area contributed by atoms with Gasteiger partial charge in [-0.05, 0) is 29.7 Å². The highest BCUT2D eigenvalue weighted by Gasteiger charge is 2.28. The molecule has 1 aliphatic heterocycles. The van der Waals surface area contributed by atoms with Crippen molar-refractivity contribution in [2.75, 3.05) is 7.05 Å². The summed E-state index contributed by atoms with van der Waals surface area (Å²) in [6.45, 7) is 2.09. The summed E-state index contributed by atoms with van der Waals surface area (Å²) < 4.78 is 10.9. The molecule has 2 aromatic rings. The Balaban J connectivity index is 1.93. The summed E-state index contributed by atoms with van der Waals surface area (Å²) in [5.74, 6) is 0.782. The highest BCUT2D eigenvalue weighted by Crippen LogP contribution is 2.38. The number of nitrogens with one attached hydrogen (secondary N) is 1. The molecule has 1 unspecified atom stereocenters. The summed E-state index contributed by atoms with van der Waals surface area (Å²) in [5, 5.41) is 2.43. The van der Waals surface area contributed by atoms with E-state index < -0.39 is 12.4 Å². The van der Waals surface area contributed by atoms with E-state index in [-0.39, 0.29) is 0 Å². The number of benzene rings is 2. The first-order chi connectivity index (χ1) is 10.2. The van der Waals surface area contributed by atoms with Crippen molar-refractivity contribution in [3.05, 3.63) is 53.6 Å². The van der Waals surface area contributed by atoms with Gasteiger partial charge in [0.1, 0.15) is 5.75 Å². The number of hydrogen-bond acceptors (Lipinski definition) is 3. The molecule has 1 heterocycles. The van der Waals surface area contributed by atoms with Gasteiger partial charge in [-0.3, -0.25) is 0 Å². The monoisotopic (exact) mass is 283 g/mol. The van der Waals surface area contributed by atoms with Gasteiger partial charge >= 0.3 is 6.09 Å². The Morgan fingerprint density at radius 3 is 2.71 bits per heavy atom. The van der Waals surface area contributed by atoms with E-state index >= 15 is 0 Å². The summed E-state index contributed by atoms with van der Waals surface area (Å²) in [6.07, 6.45) is -0.483. The third-order valence-electron chi connectivity index (χ3n) is 3.64. The van der Waals surface area contributed by atoms with Gasteiger partial charge in [0.2, 0.25) is 6.29 Å². The lowest BCUT2D eigenvalue weighted by Gasteiger charge is -2.10. The zero-order valence-corrected chi connectivity index (χ0v) is 12.1. The Kier molecular flexibility index (Phi) is 3.52. The minimum absolute atomic E-state index is 0.481. The van der Waals surface area contributed by atoms with Crippen LogP contribution in [0.25, 0.3) is 11.1 Å². The molecular weight excluding hydrogens is 266 g/mol. The van der Waals surface area contributed by atoms with Crippen molar-refractivity contribution in [3.8, 4) is 16.9 Å². The molecule has 4 nitrogen and oxygen atoms in total. The van der Waals surface area contributed by atoms with Crippen molar-refractivity contribution in [2.45, 2.75) is 19.6 Å². The Morgan fingerprint density at radius 2 is 1.95 bits per heavy atom. The van der Waals surface area contributed by atoms with Gasteiger partial charge in [0.05, 0.1) is 6.42 Å². The second-order valence-corrected chi connectivity index (χ2v) is 5.00. The van der Waals surface area contributed by atoms with E-state index in [9.17, 15) is 4.79 Å². The molecule has 21 heavy (non-hydrogen) atoms. The van der Waals surface area contributed by atoms with E-state index in [1.165, 1.54) is 18.2 Å². The normalized spacial score (nSPS) is 16.0. The summed E-state index contributed by atoms with van der Waals surface area (Å²) in [5.41, 5.74) is 4.61. The number of hydrogen-bond donors (Lipinski definition) is 1. The standard InChI is InChI=1S/C17H17NO3/c1-11-6-3-4-7-12(11)13-8-5-9-15-14(13)10-16(20-15)21-17(19)18-2/h3-9,16H,10H2,1-2H3,(H,18,19). The average molecular weight is 283 g/mol. The van der Waals surface area contributed by atoms with E-state index in [2.05, 4.69) is 30.4 Å². The molecular formula is C17H17NO3. The van der Waals surface area contributed by atoms with Crippen molar-refractivity contribution in [2.24, 2.45) is 0 Å². The van der Waals surface area contributed by atoms with Crippen molar-refractivity contribution in [1.29, 1.82) is 0 Å². The molecule has 2 aromatic carbocycles. The SMILES string of the molecule is CNC(=O)OC1Cc2c(cccc2-c2ccccc2C)O1. The van der Waals surface area contributed by atoms with Crippen LogP contribution in [0.1, 0.15) is 11.1 Å². The van der Waals surface area contributed by atoms with Crippen molar-refractivity contribution >= 4 is 6.09 Å². The van der Waals surface area contributed by atoms with Crippen LogP contribution in [0.4, 0.5) is 4.79 Å². The Morgan fingerprint density at radius 1 is 1.19 bits per heavy atom. The molecule has 0 radical (unpaired) electrons. The molecule has 0 saturated heterocycles. The molecule has 0 aliphatic carbocycles. The number of carbonyl (C=O) groups excluding carboxylic acids is 1. The average Bonchev–Trinajstić information content (AvgIpc) is 2.90. The molecule has 0 spiro atoms. The summed E-state index contributed by atoms with van der Waals surface area (Å²) in [7, 11) is 1.53. The van der Waals surface area contributed by atoms with Crippen LogP contribution in [0, 0.1) is 6.92 Å². The molecule has 108 valence electrons. The van der Waals surface area contributed by atoms with E-state index in [1.54, 1.807) is 0 Å². The van der Waals surface area contributed by atoms with E-state index in [0.29, 0.717) is 6.42 Å². The molecule has 3 rings (SSSR count). The number of rotatable bonds is 2. The smallest absolute Gasteiger partial charge is 0.409 e. The summed E-state index contributed by atoms with van der Waals surface area (Å²) >= 11 is 0. The maximum Gasteiger partial charge on any atom is 0.409 e. The van der Waals surface area contributed by atoms with Crippen LogP contribution in [-0.2, 0) is 11.2 Å². The van der Waals surface area contributed by atoms with Crippen LogP contribution >= 0.6 is 0 Å². The number of aryl methyl sites for hydroxylation is 1. The van der Waals surface area contributed by atoms with Gasteiger partial charge in [-0.2, -0.15) is 0 Å². The van der Waals surface area contributed by atoms with Gasteiger partial charge in [0.15, 0.2) is 0 Å². The number of carbonyl (C=O) groups is 1. The van der Waals surface area contributed by atoms with Gasteiger partial charge in [-0.25, -0.2) is 4.79 Å². The van der Waals surface area contributed by atoms with Crippen molar-refractivity contribution in [1.82, 2.24) is 5.32 Å². The van der Waals surface area contributed by atoms with Crippen LogP contribution in [0.3, 0.4) is 0 Å². The lowest BCUT2D eigenvalue weighted by Crippen LogP contribution is -2.28. The lowest BCUT2D eigenvalue weighted by atomic mass is 9.95. The van der Waals surface area contributed by atoms with Crippen molar-refractivity contribution in [3.63, 3.8) is 0 Å². The van der Waals surface area contributed by atoms with Gasteiger partial charge in [-0.1, -0.05) is 36.4 Å². The molecule has 4 heteroatoms. The zero-order chi connectivity index (χ0) is 14.8. The molecule has 1 amide bonds. The first-order valence-electron chi connectivity index (χ1n) is 6.92. The zero-order valence-electron chi connectivity index (χ0n) is 12.1. The predicted molar refractivity (Wildman–Crippen MR) is 80.3 cm³/mol. The van der Waals surface area contributed by atoms with Gasteiger partial charge in [0.25, 0.3) is 0 Å². The fraction of sp³-hybridized carbons (Fsp3) is 0.235. The van der Waals surface area contributed by atoms with Crippen LogP contribution < -0.4 is 10.1 Å². The molecule has 1 atom stereocenters. The largest absolute Gasteiger partial charge is 0.454 e. The van der Waals surface area contributed by atoms with Gasteiger partial charge in [0, 0.05) is 12.6 Å². The Bertz CT molecular complexity index is 681. The topological polar surface area (TPSA) is 47.6 Å². The van der Waals surface area contributed by atoms with Gasteiger partial charge in [-0.15, -0.1) is 0 Å². The van der Waals surface area contributed by atoms with E-state index in [4.69, 9.17) is 9.47 Å². The number of alkyl carbamates (subject to hydrolysis) is 1. The molecule has 1 aliphatic rings. The minimum atomic E-state index is -0.565. The highest BCUT2D eigenvalue weighted by molar-refractivity contribution is 5.74. The van der Waals surface area contributed by atoms with Crippen LogP contribution in [-0.4, -0.2) is 19.4 Å². The number of amides is 1. The second kappa shape index (κ2) is 5.48. The van der Waals surface area contributed by atoms with Crippen LogP contribution in [0.15, 0.2) is 42.5 Å². The van der Waals surface area contributed by atoms with Crippen LogP contribution in [0.2, 0.25) is 0 Å². The molecule has 0 aromatic heterocycles. The minimum Gasteiger partial charge on any atom is -0.454 e. The lowest BCUT2D eigenvalue weighted by molar-refractivity contribution is -0.0156. The van der Waals surface area contributed by atoms with E-state index in [0.717, 1.165) is 16.9 Å². The molecule has 0 fully saturated rings. The molecule has 1 N–H and O–H groups in total. The second-order valence-electron chi connectivity index (χ2n) is 5.00. The van der Waals surface area contributed by atoms with Crippen molar-refractivity contribution < 1.29 is 14.3 Å².